The number of anilines is 1. The first kappa shape index (κ1) is 23.8. The van der Waals surface area contributed by atoms with Crippen LogP contribution in [0.5, 0.6) is 0 Å². The Bertz CT molecular complexity index is 982. The van der Waals surface area contributed by atoms with Gasteiger partial charge in [0.05, 0.1) is 29.3 Å². The molecular formula is C26H37NO3S. The van der Waals surface area contributed by atoms with Crippen molar-refractivity contribution in [3.63, 3.8) is 0 Å². The lowest BCUT2D eigenvalue weighted by Crippen LogP contribution is -2.52. The second kappa shape index (κ2) is 9.74. The number of hydrogen-bond acceptors (Lipinski definition) is 4. The molecule has 1 fully saturated rings. The molecule has 1 saturated heterocycles. The fraction of sp³-hybridized carbons (Fsp3) is 0.538. The Morgan fingerprint density at radius 1 is 1.00 bits per heavy atom. The van der Waals surface area contributed by atoms with E-state index in [4.69, 9.17) is 4.74 Å². The van der Waals surface area contributed by atoms with Crippen molar-refractivity contribution in [3.05, 3.63) is 64.7 Å². The van der Waals surface area contributed by atoms with Gasteiger partial charge in [0.15, 0.2) is 9.84 Å². The highest BCUT2D eigenvalue weighted by Crippen LogP contribution is 2.27. The van der Waals surface area contributed by atoms with Crippen LogP contribution in [-0.2, 0) is 33.2 Å². The van der Waals surface area contributed by atoms with Gasteiger partial charge >= 0.3 is 0 Å². The third-order valence-corrected chi connectivity index (χ3v) is 8.69. The summed E-state index contributed by atoms with van der Waals surface area (Å²) in [6, 6.07) is 15.2. The van der Waals surface area contributed by atoms with E-state index in [2.05, 4.69) is 62.9 Å². The molecule has 4 nitrogen and oxygen atoms in total. The van der Waals surface area contributed by atoms with Crippen molar-refractivity contribution >= 4 is 15.5 Å². The van der Waals surface area contributed by atoms with Gasteiger partial charge in [-0.25, -0.2) is 8.42 Å². The molecule has 0 saturated carbocycles. The Labute approximate surface area is 188 Å². The molecule has 1 heterocycles. The Kier molecular flexibility index (Phi) is 7.48. The van der Waals surface area contributed by atoms with Gasteiger partial charge in [-0.2, -0.15) is 0 Å². The third kappa shape index (κ3) is 5.89. The molecule has 3 atom stereocenters. The van der Waals surface area contributed by atoms with E-state index < -0.39 is 9.84 Å². The average Bonchev–Trinajstić information content (AvgIpc) is 2.70. The number of sulfone groups is 1. The van der Waals surface area contributed by atoms with E-state index in [1.807, 2.05) is 12.1 Å². The smallest absolute Gasteiger partial charge is 0.156 e. The first-order valence-electron chi connectivity index (χ1n) is 11.4. The summed E-state index contributed by atoms with van der Waals surface area (Å²) in [5, 5.41) is -0.343. The summed E-state index contributed by atoms with van der Waals surface area (Å²) in [6.45, 7) is 13.1. The molecule has 31 heavy (non-hydrogen) atoms. The zero-order chi connectivity index (χ0) is 22.8. The fourth-order valence-electron chi connectivity index (χ4n) is 4.18. The molecule has 5 heteroatoms. The maximum atomic E-state index is 12.1. The van der Waals surface area contributed by atoms with E-state index in [0.29, 0.717) is 6.04 Å². The highest BCUT2D eigenvalue weighted by molar-refractivity contribution is 7.91. The van der Waals surface area contributed by atoms with Crippen LogP contribution in [0.15, 0.2) is 42.5 Å². The molecule has 2 aromatic rings. The number of benzene rings is 2. The van der Waals surface area contributed by atoms with Crippen LogP contribution in [0.1, 0.15) is 56.9 Å². The second-order valence-corrected chi connectivity index (χ2v) is 11.9. The predicted octanol–water partition coefficient (Wildman–Crippen LogP) is 5.11. The van der Waals surface area contributed by atoms with Crippen molar-refractivity contribution in [1.82, 2.24) is 0 Å². The van der Waals surface area contributed by atoms with Crippen LogP contribution in [0.3, 0.4) is 0 Å². The van der Waals surface area contributed by atoms with Gasteiger partial charge in [0, 0.05) is 12.2 Å². The summed E-state index contributed by atoms with van der Waals surface area (Å²) < 4.78 is 30.2. The van der Waals surface area contributed by atoms with Crippen LogP contribution < -0.4 is 4.90 Å². The van der Waals surface area contributed by atoms with Gasteiger partial charge in [0.25, 0.3) is 0 Å². The molecule has 0 aromatic heterocycles. The number of rotatable bonds is 7. The number of nitrogens with zero attached hydrogens (tertiary/aromatic N) is 1. The zero-order valence-electron chi connectivity index (χ0n) is 19.8. The van der Waals surface area contributed by atoms with Gasteiger partial charge in [-0.05, 0) is 88.8 Å². The largest absolute Gasteiger partial charge is 0.372 e. The SMILES string of the molecule is Cc1cc(N2C[C@H](C)O[C@H](C)C2C)ccc1CCc1ccc(CS(=O)(=O)C(C)C)cc1. The monoisotopic (exact) mass is 443 g/mol. The Balaban J connectivity index is 1.63. The molecule has 0 aliphatic carbocycles. The van der Waals surface area contributed by atoms with Crippen LogP contribution >= 0.6 is 0 Å². The Hall–Kier alpha value is -1.85. The third-order valence-electron chi connectivity index (χ3n) is 6.52. The molecule has 0 N–H and O–H groups in total. The highest BCUT2D eigenvalue weighted by Gasteiger charge is 2.29. The Morgan fingerprint density at radius 3 is 2.26 bits per heavy atom. The predicted molar refractivity (Wildman–Crippen MR) is 130 cm³/mol. The van der Waals surface area contributed by atoms with E-state index >= 15 is 0 Å². The highest BCUT2D eigenvalue weighted by atomic mass is 32.2. The first-order chi connectivity index (χ1) is 14.6. The summed E-state index contributed by atoms with van der Waals surface area (Å²) in [6.07, 6.45) is 2.38. The lowest BCUT2D eigenvalue weighted by molar-refractivity contribution is -0.0257. The minimum atomic E-state index is -3.06. The average molecular weight is 444 g/mol. The van der Waals surface area contributed by atoms with Crippen LogP contribution in [0.25, 0.3) is 0 Å². The standard InChI is InChI=1S/C26H37NO3S/c1-18(2)31(28,29)17-24-9-7-23(8-10-24)11-12-25-13-14-26(15-19(25)3)27-16-20(4)30-22(6)21(27)5/h7-10,13-15,18,20-22H,11-12,16-17H2,1-6H3/t20-,21?,22+/m0/s1. The molecule has 0 radical (unpaired) electrons. The van der Waals surface area contributed by atoms with Gasteiger partial charge in [-0.15, -0.1) is 0 Å². The van der Waals surface area contributed by atoms with Crippen molar-refractivity contribution < 1.29 is 13.2 Å². The van der Waals surface area contributed by atoms with Crippen molar-refractivity contribution in [1.29, 1.82) is 0 Å². The maximum absolute atomic E-state index is 12.1. The summed E-state index contributed by atoms with van der Waals surface area (Å²) in [5.74, 6) is 0.114. The summed E-state index contributed by atoms with van der Waals surface area (Å²) in [4.78, 5) is 2.46. The summed E-state index contributed by atoms with van der Waals surface area (Å²) in [7, 11) is -3.06. The van der Waals surface area contributed by atoms with Crippen LogP contribution in [0, 0.1) is 6.92 Å². The van der Waals surface area contributed by atoms with Gasteiger partial charge in [0.1, 0.15) is 0 Å². The quantitative estimate of drug-likeness (QED) is 0.597. The lowest BCUT2D eigenvalue weighted by Gasteiger charge is -2.42. The molecule has 1 aliphatic rings. The van der Waals surface area contributed by atoms with Crippen LogP contribution in [0.2, 0.25) is 0 Å². The Morgan fingerprint density at radius 2 is 1.65 bits per heavy atom. The second-order valence-electron chi connectivity index (χ2n) is 9.33. The first-order valence-corrected chi connectivity index (χ1v) is 13.1. The minimum Gasteiger partial charge on any atom is -0.372 e. The zero-order valence-corrected chi connectivity index (χ0v) is 20.6. The summed E-state index contributed by atoms with van der Waals surface area (Å²) in [5.41, 5.74) is 6.04. The maximum Gasteiger partial charge on any atom is 0.156 e. The topological polar surface area (TPSA) is 46.6 Å². The van der Waals surface area contributed by atoms with E-state index in [0.717, 1.165) is 24.9 Å². The number of aryl methyl sites for hydroxylation is 3. The van der Waals surface area contributed by atoms with Gasteiger partial charge in [-0.3, -0.25) is 0 Å². The number of morpholine rings is 1. The van der Waals surface area contributed by atoms with Crippen LogP contribution in [-0.4, -0.2) is 38.5 Å². The molecule has 1 aliphatic heterocycles. The van der Waals surface area contributed by atoms with E-state index in [9.17, 15) is 8.42 Å². The van der Waals surface area contributed by atoms with Crippen molar-refractivity contribution in [2.75, 3.05) is 11.4 Å². The lowest BCUT2D eigenvalue weighted by atomic mass is 9.98. The van der Waals surface area contributed by atoms with Crippen molar-refractivity contribution in [2.45, 2.75) is 83.6 Å². The van der Waals surface area contributed by atoms with E-state index in [-0.39, 0.29) is 23.2 Å². The van der Waals surface area contributed by atoms with Crippen LogP contribution in [0.4, 0.5) is 5.69 Å². The summed E-state index contributed by atoms with van der Waals surface area (Å²) >= 11 is 0. The van der Waals surface area contributed by atoms with Crippen molar-refractivity contribution in [3.8, 4) is 0 Å². The van der Waals surface area contributed by atoms with E-state index in [1.54, 1.807) is 13.8 Å². The normalized spacial score (nSPS) is 22.2. The molecular weight excluding hydrogens is 406 g/mol. The van der Waals surface area contributed by atoms with Gasteiger partial charge in [-0.1, -0.05) is 30.3 Å². The minimum absolute atomic E-state index is 0.114. The van der Waals surface area contributed by atoms with Crippen molar-refractivity contribution in [2.24, 2.45) is 0 Å². The number of hydrogen-bond donors (Lipinski definition) is 0. The molecule has 2 aromatic carbocycles. The fourth-order valence-corrected chi connectivity index (χ4v) is 5.17. The number of ether oxygens (including phenoxy) is 1. The molecule has 0 spiro atoms. The molecule has 3 rings (SSSR count). The molecule has 170 valence electrons. The molecule has 0 amide bonds. The van der Waals surface area contributed by atoms with Gasteiger partial charge in [0.2, 0.25) is 0 Å². The van der Waals surface area contributed by atoms with E-state index in [1.165, 1.54) is 22.4 Å². The van der Waals surface area contributed by atoms with Gasteiger partial charge < -0.3 is 9.64 Å². The molecule has 0 bridgehead atoms. The molecule has 1 unspecified atom stereocenters.